The van der Waals surface area contributed by atoms with Crippen LogP contribution in [0.2, 0.25) is 0 Å². The first-order chi connectivity index (χ1) is 12.6. The summed E-state index contributed by atoms with van der Waals surface area (Å²) in [5.74, 6) is 0.361. The van der Waals surface area contributed by atoms with Crippen molar-refractivity contribution < 1.29 is 4.39 Å². The maximum atomic E-state index is 13.4. The number of halogens is 1. The van der Waals surface area contributed by atoms with Gasteiger partial charge < -0.3 is 0 Å². The van der Waals surface area contributed by atoms with Gasteiger partial charge in [0.05, 0.1) is 11.9 Å². The molecule has 0 spiro atoms. The van der Waals surface area contributed by atoms with Crippen LogP contribution in [-0.2, 0) is 19.9 Å². The van der Waals surface area contributed by atoms with E-state index in [0.717, 1.165) is 11.3 Å². The molecule has 6 heteroatoms. The SMILES string of the molecule is Cn1ncc2c(=O)n(-c3ccccc3)c(CCc3cccc(F)c3)nc21. The average molecular weight is 348 g/mol. The maximum absolute atomic E-state index is 13.4. The Bertz CT molecular complexity index is 1130. The molecule has 26 heavy (non-hydrogen) atoms. The second kappa shape index (κ2) is 6.55. The largest absolute Gasteiger partial charge is 0.269 e. The summed E-state index contributed by atoms with van der Waals surface area (Å²) in [6.45, 7) is 0. The van der Waals surface area contributed by atoms with Gasteiger partial charge in [-0.2, -0.15) is 5.10 Å². The number of para-hydroxylation sites is 1. The Morgan fingerprint density at radius 1 is 1.04 bits per heavy atom. The first-order valence-electron chi connectivity index (χ1n) is 8.37. The number of aryl methyl sites for hydroxylation is 3. The van der Waals surface area contributed by atoms with E-state index in [2.05, 4.69) is 10.1 Å². The zero-order chi connectivity index (χ0) is 18.1. The molecule has 2 aromatic heterocycles. The number of aromatic nitrogens is 4. The Hall–Kier alpha value is -3.28. The number of hydrogen-bond acceptors (Lipinski definition) is 3. The van der Waals surface area contributed by atoms with Crippen LogP contribution in [0.3, 0.4) is 0 Å². The summed E-state index contributed by atoms with van der Waals surface area (Å²) in [4.78, 5) is 17.7. The molecule has 0 saturated carbocycles. The van der Waals surface area contributed by atoms with Gasteiger partial charge in [0.25, 0.3) is 5.56 Å². The summed E-state index contributed by atoms with van der Waals surface area (Å²) >= 11 is 0. The summed E-state index contributed by atoms with van der Waals surface area (Å²) in [6, 6.07) is 15.9. The van der Waals surface area contributed by atoms with E-state index in [1.807, 2.05) is 36.4 Å². The molecule has 2 aromatic carbocycles. The summed E-state index contributed by atoms with van der Waals surface area (Å²) in [6.07, 6.45) is 2.63. The summed E-state index contributed by atoms with van der Waals surface area (Å²) < 4.78 is 16.6. The molecule has 0 aliphatic carbocycles. The van der Waals surface area contributed by atoms with Gasteiger partial charge in [-0.05, 0) is 36.2 Å². The zero-order valence-electron chi connectivity index (χ0n) is 14.3. The predicted octanol–water partition coefficient (Wildman–Crippen LogP) is 3.04. The molecule has 0 N–H and O–H groups in total. The minimum atomic E-state index is -0.266. The molecule has 0 aliphatic heterocycles. The lowest BCUT2D eigenvalue weighted by atomic mass is 10.1. The van der Waals surface area contributed by atoms with Crippen LogP contribution < -0.4 is 5.56 Å². The highest BCUT2D eigenvalue weighted by Crippen LogP contribution is 2.15. The van der Waals surface area contributed by atoms with Crippen LogP contribution in [0.5, 0.6) is 0 Å². The fraction of sp³-hybridized carbons (Fsp3) is 0.150. The van der Waals surface area contributed by atoms with Gasteiger partial charge in [-0.15, -0.1) is 0 Å². The van der Waals surface area contributed by atoms with E-state index in [1.54, 1.807) is 28.6 Å². The summed E-state index contributed by atoms with van der Waals surface area (Å²) in [7, 11) is 1.76. The first kappa shape index (κ1) is 16.2. The van der Waals surface area contributed by atoms with Crippen molar-refractivity contribution in [1.29, 1.82) is 0 Å². The minimum Gasteiger partial charge on any atom is -0.268 e. The fourth-order valence-corrected chi connectivity index (χ4v) is 3.08. The molecule has 130 valence electrons. The molecule has 5 nitrogen and oxygen atoms in total. The number of fused-ring (bicyclic) bond motifs is 1. The molecule has 0 radical (unpaired) electrons. The highest BCUT2D eigenvalue weighted by Gasteiger charge is 2.15. The van der Waals surface area contributed by atoms with Gasteiger partial charge in [0.15, 0.2) is 5.65 Å². The van der Waals surface area contributed by atoms with Crippen LogP contribution in [0.1, 0.15) is 11.4 Å². The van der Waals surface area contributed by atoms with Gasteiger partial charge >= 0.3 is 0 Å². The Kier molecular flexibility index (Phi) is 4.08. The van der Waals surface area contributed by atoms with Gasteiger partial charge in [-0.25, -0.2) is 9.37 Å². The number of rotatable bonds is 4. The third-order valence-corrected chi connectivity index (χ3v) is 4.37. The molecule has 0 bridgehead atoms. The highest BCUT2D eigenvalue weighted by atomic mass is 19.1. The van der Waals surface area contributed by atoms with Crippen LogP contribution in [-0.4, -0.2) is 19.3 Å². The third kappa shape index (κ3) is 2.90. The lowest BCUT2D eigenvalue weighted by Crippen LogP contribution is -2.24. The van der Waals surface area contributed by atoms with E-state index < -0.39 is 0 Å². The molecule has 0 saturated heterocycles. The van der Waals surface area contributed by atoms with Gasteiger partial charge in [0, 0.05) is 13.5 Å². The second-order valence-electron chi connectivity index (χ2n) is 6.14. The van der Waals surface area contributed by atoms with Crippen molar-refractivity contribution in [3.63, 3.8) is 0 Å². The molecule has 0 amide bonds. The summed E-state index contributed by atoms with van der Waals surface area (Å²) in [5, 5.41) is 4.63. The number of benzene rings is 2. The number of nitrogens with zero attached hydrogens (tertiary/aromatic N) is 4. The Morgan fingerprint density at radius 2 is 1.85 bits per heavy atom. The van der Waals surface area contributed by atoms with Gasteiger partial charge in [-0.1, -0.05) is 30.3 Å². The molecular formula is C20H17FN4O. The zero-order valence-corrected chi connectivity index (χ0v) is 14.3. The van der Waals surface area contributed by atoms with Crippen LogP contribution in [0.4, 0.5) is 4.39 Å². The van der Waals surface area contributed by atoms with E-state index in [0.29, 0.717) is 29.7 Å². The van der Waals surface area contributed by atoms with Crippen molar-refractivity contribution in [2.45, 2.75) is 12.8 Å². The predicted molar refractivity (Wildman–Crippen MR) is 97.9 cm³/mol. The monoisotopic (exact) mass is 348 g/mol. The minimum absolute atomic E-state index is 0.149. The second-order valence-corrected chi connectivity index (χ2v) is 6.14. The van der Waals surface area contributed by atoms with Crippen molar-refractivity contribution >= 4 is 11.0 Å². The fourth-order valence-electron chi connectivity index (χ4n) is 3.08. The molecule has 4 aromatic rings. The smallest absolute Gasteiger partial charge is 0.268 e. The van der Waals surface area contributed by atoms with E-state index in [-0.39, 0.29) is 11.4 Å². The topological polar surface area (TPSA) is 52.7 Å². The van der Waals surface area contributed by atoms with Crippen molar-refractivity contribution in [3.05, 3.63) is 88.4 Å². The summed E-state index contributed by atoms with van der Waals surface area (Å²) in [5.41, 5.74) is 2.02. The van der Waals surface area contributed by atoms with E-state index >= 15 is 0 Å². The molecule has 0 aliphatic rings. The Morgan fingerprint density at radius 3 is 2.62 bits per heavy atom. The highest BCUT2D eigenvalue weighted by molar-refractivity contribution is 5.73. The molecule has 2 heterocycles. The molecule has 0 fully saturated rings. The lowest BCUT2D eigenvalue weighted by molar-refractivity contribution is 0.624. The Balaban J connectivity index is 1.83. The van der Waals surface area contributed by atoms with Crippen LogP contribution >= 0.6 is 0 Å². The molecular weight excluding hydrogens is 331 g/mol. The standard InChI is InChI=1S/C20H17FN4O/c1-24-19-17(13-22-24)20(26)25(16-8-3-2-4-9-16)18(23-19)11-10-14-6-5-7-15(21)12-14/h2-9,12-13H,10-11H2,1H3. The van der Waals surface area contributed by atoms with Crippen molar-refractivity contribution in [3.8, 4) is 5.69 Å². The quantitative estimate of drug-likeness (QED) is 0.570. The van der Waals surface area contributed by atoms with Crippen molar-refractivity contribution in [1.82, 2.24) is 19.3 Å². The van der Waals surface area contributed by atoms with Crippen molar-refractivity contribution in [2.24, 2.45) is 7.05 Å². The third-order valence-electron chi connectivity index (χ3n) is 4.37. The van der Waals surface area contributed by atoms with Gasteiger partial charge in [0.1, 0.15) is 17.0 Å². The van der Waals surface area contributed by atoms with Crippen LogP contribution in [0.15, 0.2) is 65.6 Å². The van der Waals surface area contributed by atoms with Gasteiger partial charge in [-0.3, -0.25) is 14.0 Å². The first-order valence-corrected chi connectivity index (χ1v) is 8.37. The Labute approximate surface area is 149 Å². The maximum Gasteiger partial charge on any atom is 0.269 e. The molecule has 0 unspecified atom stereocenters. The normalized spacial score (nSPS) is 11.2. The average Bonchev–Trinajstić information content (AvgIpc) is 3.02. The molecule has 4 rings (SSSR count). The van der Waals surface area contributed by atoms with E-state index in [1.165, 1.54) is 12.1 Å². The van der Waals surface area contributed by atoms with E-state index in [4.69, 9.17) is 0 Å². The van der Waals surface area contributed by atoms with Crippen LogP contribution in [0.25, 0.3) is 16.7 Å². The van der Waals surface area contributed by atoms with E-state index in [9.17, 15) is 9.18 Å². The van der Waals surface area contributed by atoms with Crippen molar-refractivity contribution in [2.75, 3.05) is 0 Å². The number of hydrogen-bond donors (Lipinski definition) is 0. The van der Waals surface area contributed by atoms with Crippen LogP contribution in [0, 0.1) is 5.82 Å². The lowest BCUT2D eigenvalue weighted by Gasteiger charge is -2.13. The molecule has 0 atom stereocenters. The van der Waals surface area contributed by atoms with Gasteiger partial charge in [0.2, 0.25) is 0 Å².